The third-order valence-electron chi connectivity index (χ3n) is 2.13. The Morgan fingerprint density at radius 1 is 1.47 bits per heavy atom. The number of carbonyl (C=O) groups is 1. The molecular formula is C10H10O5. The average molecular weight is 210 g/mol. The molecule has 5 heteroatoms. The maximum atomic E-state index is 10.6. The zero-order chi connectivity index (χ0) is 10.8. The quantitative estimate of drug-likeness (QED) is 0.807. The van der Waals surface area contributed by atoms with Gasteiger partial charge in [0.15, 0.2) is 11.5 Å². The summed E-state index contributed by atoms with van der Waals surface area (Å²) >= 11 is 0. The van der Waals surface area contributed by atoms with E-state index in [4.69, 9.17) is 19.3 Å². The number of ether oxygens (including phenoxy) is 3. The van der Waals surface area contributed by atoms with E-state index in [1.165, 1.54) is 7.11 Å². The van der Waals surface area contributed by atoms with Crippen LogP contribution in [0, 0.1) is 0 Å². The van der Waals surface area contributed by atoms with Crippen molar-refractivity contribution in [3.63, 3.8) is 0 Å². The van der Waals surface area contributed by atoms with Crippen molar-refractivity contribution < 1.29 is 24.1 Å². The molecule has 0 spiro atoms. The highest BCUT2D eigenvalue weighted by Crippen LogP contribution is 2.43. The molecule has 0 aromatic heterocycles. The molecule has 2 rings (SSSR count). The second kappa shape index (κ2) is 3.68. The molecule has 1 aromatic carbocycles. The van der Waals surface area contributed by atoms with Crippen molar-refractivity contribution in [2.45, 2.75) is 6.42 Å². The van der Waals surface area contributed by atoms with Crippen molar-refractivity contribution in [3.05, 3.63) is 17.7 Å². The lowest BCUT2D eigenvalue weighted by molar-refractivity contribution is -0.136. The van der Waals surface area contributed by atoms with Gasteiger partial charge in [0, 0.05) is 5.56 Å². The molecule has 0 saturated carbocycles. The van der Waals surface area contributed by atoms with Crippen LogP contribution in [-0.2, 0) is 11.2 Å². The topological polar surface area (TPSA) is 65.0 Å². The van der Waals surface area contributed by atoms with E-state index >= 15 is 0 Å². The first-order valence-electron chi connectivity index (χ1n) is 4.39. The van der Waals surface area contributed by atoms with Gasteiger partial charge in [0.05, 0.1) is 13.5 Å². The Morgan fingerprint density at radius 3 is 2.87 bits per heavy atom. The molecular weight excluding hydrogens is 200 g/mol. The van der Waals surface area contributed by atoms with E-state index in [1.807, 2.05) is 0 Å². The molecule has 0 unspecified atom stereocenters. The van der Waals surface area contributed by atoms with Gasteiger partial charge in [-0.2, -0.15) is 0 Å². The predicted octanol–water partition coefficient (Wildman–Crippen LogP) is 1.05. The van der Waals surface area contributed by atoms with Crippen molar-refractivity contribution in [1.82, 2.24) is 0 Å². The molecule has 1 aliphatic rings. The number of fused-ring (bicyclic) bond motifs is 1. The summed E-state index contributed by atoms with van der Waals surface area (Å²) in [4.78, 5) is 10.6. The van der Waals surface area contributed by atoms with Gasteiger partial charge in [-0.1, -0.05) is 6.07 Å². The zero-order valence-corrected chi connectivity index (χ0v) is 8.15. The molecule has 1 aliphatic heterocycles. The average Bonchev–Trinajstić information content (AvgIpc) is 2.66. The summed E-state index contributed by atoms with van der Waals surface area (Å²) in [5.74, 6) is 0.600. The molecule has 0 saturated heterocycles. The number of aliphatic carboxylic acids is 1. The Labute approximate surface area is 86.2 Å². The van der Waals surface area contributed by atoms with Crippen LogP contribution in [0.2, 0.25) is 0 Å². The number of carboxylic acid groups (broad SMARTS) is 1. The highest BCUT2D eigenvalue weighted by Gasteiger charge is 2.23. The van der Waals surface area contributed by atoms with Crippen molar-refractivity contribution in [2.75, 3.05) is 13.9 Å². The maximum Gasteiger partial charge on any atom is 0.307 e. The summed E-state index contributed by atoms with van der Waals surface area (Å²) < 4.78 is 15.5. The SMILES string of the molecule is COc1ccc(CC(=O)O)c2c1OCO2. The van der Waals surface area contributed by atoms with E-state index < -0.39 is 5.97 Å². The molecule has 1 heterocycles. The Bertz CT molecular complexity index is 399. The molecule has 0 fully saturated rings. The monoisotopic (exact) mass is 210 g/mol. The summed E-state index contributed by atoms with van der Waals surface area (Å²) in [6, 6.07) is 3.34. The fraction of sp³-hybridized carbons (Fsp3) is 0.300. The van der Waals surface area contributed by atoms with E-state index in [0.717, 1.165) is 0 Å². The number of rotatable bonds is 3. The lowest BCUT2D eigenvalue weighted by Gasteiger charge is -2.07. The van der Waals surface area contributed by atoms with Crippen LogP contribution >= 0.6 is 0 Å². The van der Waals surface area contributed by atoms with Gasteiger partial charge in [-0.15, -0.1) is 0 Å². The van der Waals surface area contributed by atoms with E-state index in [2.05, 4.69) is 0 Å². The van der Waals surface area contributed by atoms with Gasteiger partial charge >= 0.3 is 5.97 Å². The highest BCUT2D eigenvalue weighted by atomic mass is 16.7. The number of benzene rings is 1. The Balaban J connectivity index is 2.42. The number of hydrogen-bond donors (Lipinski definition) is 1. The summed E-state index contributed by atoms with van der Waals surface area (Å²) in [5.41, 5.74) is 0.593. The van der Waals surface area contributed by atoms with Gasteiger partial charge in [0.2, 0.25) is 12.5 Å². The third kappa shape index (κ3) is 1.68. The standard InChI is InChI=1S/C10H10O5/c1-13-7-3-2-6(4-8(11)12)9-10(7)15-5-14-9/h2-3H,4-5H2,1H3,(H,11,12). The van der Waals surface area contributed by atoms with E-state index in [1.54, 1.807) is 12.1 Å². The molecule has 0 amide bonds. The third-order valence-corrected chi connectivity index (χ3v) is 2.13. The summed E-state index contributed by atoms with van der Waals surface area (Å²) in [7, 11) is 1.52. The summed E-state index contributed by atoms with van der Waals surface area (Å²) in [6.07, 6.45) is -0.0876. The molecule has 15 heavy (non-hydrogen) atoms. The maximum absolute atomic E-state index is 10.6. The van der Waals surface area contributed by atoms with Gasteiger partial charge in [-0.25, -0.2) is 0 Å². The fourth-order valence-corrected chi connectivity index (χ4v) is 1.49. The van der Waals surface area contributed by atoms with Crippen LogP contribution in [-0.4, -0.2) is 25.0 Å². The van der Waals surface area contributed by atoms with Gasteiger partial charge in [-0.3, -0.25) is 4.79 Å². The van der Waals surface area contributed by atoms with E-state index in [-0.39, 0.29) is 13.2 Å². The Morgan fingerprint density at radius 2 is 2.20 bits per heavy atom. The number of hydrogen-bond acceptors (Lipinski definition) is 4. The zero-order valence-electron chi connectivity index (χ0n) is 8.15. The van der Waals surface area contributed by atoms with Crippen LogP contribution in [0.5, 0.6) is 17.2 Å². The second-order valence-electron chi connectivity index (χ2n) is 3.06. The van der Waals surface area contributed by atoms with Gasteiger partial charge in [0.1, 0.15) is 0 Å². The van der Waals surface area contributed by atoms with Crippen molar-refractivity contribution >= 4 is 5.97 Å². The van der Waals surface area contributed by atoms with Crippen molar-refractivity contribution in [1.29, 1.82) is 0 Å². The summed E-state index contributed by atoms with van der Waals surface area (Å²) in [6.45, 7) is 0.0995. The van der Waals surface area contributed by atoms with Gasteiger partial charge in [0.25, 0.3) is 0 Å². The molecule has 0 atom stereocenters. The number of carboxylic acids is 1. The minimum Gasteiger partial charge on any atom is -0.493 e. The lowest BCUT2D eigenvalue weighted by atomic mass is 10.1. The van der Waals surface area contributed by atoms with Crippen molar-refractivity contribution in [2.24, 2.45) is 0 Å². The first-order valence-corrected chi connectivity index (χ1v) is 4.39. The predicted molar refractivity (Wildman–Crippen MR) is 50.5 cm³/mol. The van der Waals surface area contributed by atoms with Gasteiger partial charge in [-0.05, 0) is 6.07 Å². The summed E-state index contributed by atoms with van der Waals surface area (Å²) in [5, 5.41) is 8.70. The number of methoxy groups -OCH3 is 1. The first-order chi connectivity index (χ1) is 7.22. The molecule has 1 aromatic rings. The van der Waals surface area contributed by atoms with Crippen LogP contribution in [0.15, 0.2) is 12.1 Å². The minimum absolute atomic E-state index is 0.0876. The Hall–Kier alpha value is -1.91. The molecule has 0 aliphatic carbocycles. The Kier molecular flexibility index (Phi) is 2.37. The van der Waals surface area contributed by atoms with E-state index in [9.17, 15) is 4.79 Å². The molecule has 5 nitrogen and oxygen atoms in total. The normalized spacial score (nSPS) is 12.6. The van der Waals surface area contributed by atoms with Crippen LogP contribution in [0.4, 0.5) is 0 Å². The van der Waals surface area contributed by atoms with Crippen molar-refractivity contribution in [3.8, 4) is 17.2 Å². The van der Waals surface area contributed by atoms with Crippen LogP contribution in [0.3, 0.4) is 0 Å². The van der Waals surface area contributed by atoms with E-state index in [0.29, 0.717) is 22.8 Å². The molecule has 80 valence electrons. The highest BCUT2D eigenvalue weighted by molar-refractivity contribution is 5.73. The molecule has 1 N–H and O–H groups in total. The first kappa shape index (κ1) is 9.64. The molecule has 0 radical (unpaired) electrons. The minimum atomic E-state index is -0.905. The second-order valence-corrected chi connectivity index (χ2v) is 3.06. The van der Waals surface area contributed by atoms with Gasteiger partial charge < -0.3 is 19.3 Å². The van der Waals surface area contributed by atoms with Crippen LogP contribution < -0.4 is 14.2 Å². The fourth-order valence-electron chi connectivity index (χ4n) is 1.49. The largest absolute Gasteiger partial charge is 0.493 e. The lowest BCUT2D eigenvalue weighted by Crippen LogP contribution is -2.01. The smallest absolute Gasteiger partial charge is 0.307 e. The molecule has 0 bridgehead atoms. The van der Waals surface area contributed by atoms with Crippen LogP contribution in [0.1, 0.15) is 5.56 Å². The van der Waals surface area contributed by atoms with Crippen LogP contribution in [0.25, 0.3) is 0 Å².